The number of ether oxygens (including phenoxy) is 1. The van der Waals surface area contributed by atoms with Crippen molar-refractivity contribution in [2.75, 3.05) is 6.61 Å². The van der Waals surface area contributed by atoms with E-state index in [1.807, 2.05) is 34.9 Å². The van der Waals surface area contributed by atoms with Gasteiger partial charge in [-0.2, -0.15) is 0 Å². The normalized spacial score (nSPS) is 18.1. The van der Waals surface area contributed by atoms with Gasteiger partial charge in [0.1, 0.15) is 4.83 Å². The maximum absolute atomic E-state index is 13.7. The van der Waals surface area contributed by atoms with Crippen LogP contribution in [0.5, 0.6) is 0 Å². The van der Waals surface area contributed by atoms with E-state index in [2.05, 4.69) is 4.98 Å². The molecule has 1 unspecified atom stereocenters. The lowest BCUT2D eigenvalue weighted by Gasteiger charge is -2.16. The summed E-state index contributed by atoms with van der Waals surface area (Å²) in [6.45, 7) is 1.32. The van der Waals surface area contributed by atoms with E-state index in [1.54, 1.807) is 17.5 Å². The summed E-state index contributed by atoms with van der Waals surface area (Å²) in [5, 5.41) is 1.56. The summed E-state index contributed by atoms with van der Waals surface area (Å²) in [6.07, 6.45) is 8.24. The first-order chi connectivity index (χ1) is 16.3. The summed E-state index contributed by atoms with van der Waals surface area (Å²) < 4.78 is 13.7. The van der Waals surface area contributed by atoms with Gasteiger partial charge in [0, 0.05) is 17.0 Å². The number of thiophene rings is 1. The lowest BCUT2D eigenvalue weighted by Crippen LogP contribution is -2.29. The van der Waals surface area contributed by atoms with E-state index >= 15 is 0 Å². The van der Waals surface area contributed by atoms with Gasteiger partial charge in [-0.3, -0.25) is 9.36 Å². The first-order valence-electron chi connectivity index (χ1n) is 11.6. The number of oxazole rings is 1. The first-order valence-corrected chi connectivity index (χ1v) is 13.4. The van der Waals surface area contributed by atoms with Gasteiger partial charge < -0.3 is 9.15 Å². The van der Waals surface area contributed by atoms with E-state index < -0.39 is 0 Å². The maximum atomic E-state index is 13.7. The van der Waals surface area contributed by atoms with Crippen LogP contribution in [0.15, 0.2) is 50.9 Å². The quantitative estimate of drug-likeness (QED) is 0.270. The van der Waals surface area contributed by atoms with Crippen molar-refractivity contribution in [2.45, 2.75) is 62.1 Å². The standard InChI is InChI=1S/C25H25N3O3S2/c29-24-22-18-10-4-5-11-20(18)33-23(22)27-25(28(24)14-17-9-6-12-30-17)32-15-21-26-13-19(31-21)16-7-2-1-3-8-16/h1-3,7-8,13,17H,4-6,9-12,14-15H2. The fourth-order valence-corrected chi connectivity index (χ4v) is 6.89. The van der Waals surface area contributed by atoms with Crippen LogP contribution in [0.3, 0.4) is 0 Å². The zero-order valence-electron chi connectivity index (χ0n) is 18.3. The van der Waals surface area contributed by atoms with Gasteiger partial charge >= 0.3 is 0 Å². The van der Waals surface area contributed by atoms with Crippen LogP contribution >= 0.6 is 23.1 Å². The number of aromatic nitrogens is 3. The largest absolute Gasteiger partial charge is 0.440 e. The minimum absolute atomic E-state index is 0.0715. The summed E-state index contributed by atoms with van der Waals surface area (Å²) in [4.78, 5) is 25.3. The van der Waals surface area contributed by atoms with E-state index in [0.29, 0.717) is 18.2 Å². The molecule has 2 aliphatic rings. The van der Waals surface area contributed by atoms with E-state index in [4.69, 9.17) is 14.1 Å². The second-order valence-electron chi connectivity index (χ2n) is 8.61. The van der Waals surface area contributed by atoms with E-state index in [0.717, 1.165) is 65.4 Å². The van der Waals surface area contributed by atoms with Crippen molar-refractivity contribution in [3.8, 4) is 11.3 Å². The van der Waals surface area contributed by atoms with E-state index in [1.165, 1.54) is 28.6 Å². The molecular formula is C25H25N3O3S2. The zero-order valence-corrected chi connectivity index (χ0v) is 19.9. The van der Waals surface area contributed by atoms with Gasteiger partial charge in [-0.1, -0.05) is 42.1 Å². The second kappa shape index (κ2) is 9.08. The number of rotatable bonds is 6. The van der Waals surface area contributed by atoms with Crippen molar-refractivity contribution in [3.05, 3.63) is 63.2 Å². The van der Waals surface area contributed by atoms with E-state index in [-0.39, 0.29) is 11.7 Å². The number of hydrogen-bond donors (Lipinski definition) is 0. The molecule has 0 spiro atoms. The van der Waals surface area contributed by atoms with Crippen LogP contribution in [-0.2, 0) is 29.9 Å². The Kier molecular flexibility index (Phi) is 5.82. The molecule has 1 aromatic carbocycles. The summed E-state index contributed by atoms with van der Waals surface area (Å²) in [6, 6.07) is 9.95. The van der Waals surface area contributed by atoms with Gasteiger partial charge in [0.25, 0.3) is 5.56 Å². The molecule has 1 atom stereocenters. The Bertz CT molecular complexity index is 1340. The van der Waals surface area contributed by atoms with Crippen molar-refractivity contribution in [3.63, 3.8) is 0 Å². The Morgan fingerprint density at radius 1 is 1.15 bits per heavy atom. The number of aryl methyl sites for hydroxylation is 2. The number of hydrogen-bond acceptors (Lipinski definition) is 7. The third-order valence-electron chi connectivity index (χ3n) is 6.39. The lowest BCUT2D eigenvalue weighted by molar-refractivity contribution is 0.0937. The number of nitrogens with zero attached hydrogens (tertiary/aromatic N) is 3. The Labute approximate surface area is 200 Å². The van der Waals surface area contributed by atoms with Crippen LogP contribution in [0.4, 0.5) is 0 Å². The Morgan fingerprint density at radius 3 is 2.88 bits per heavy atom. The molecule has 6 rings (SSSR count). The molecule has 0 N–H and O–H groups in total. The van der Waals surface area contributed by atoms with Crippen LogP contribution in [-0.4, -0.2) is 27.2 Å². The van der Waals surface area contributed by atoms with Gasteiger partial charge in [0.15, 0.2) is 10.9 Å². The molecule has 6 nitrogen and oxygen atoms in total. The second-order valence-corrected chi connectivity index (χ2v) is 10.6. The molecule has 3 aromatic heterocycles. The highest BCUT2D eigenvalue weighted by atomic mass is 32.2. The van der Waals surface area contributed by atoms with Gasteiger partial charge in [0.2, 0.25) is 5.89 Å². The van der Waals surface area contributed by atoms with E-state index in [9.17, 15) is 4.79 Å². The number of fused-ring (bicyclic) bond motifs is 3. The number of thioether (sulfide) groups is 1. The lowest BCUT2D eigenvalue weighted by atomic mass is 9.97. The monoisotopic (exact) mass is 479 g/mol. The first kappa shape index (κ1) is 21.1. The highest BCUT2D eigenvalue weighted by molar-refractivity contribution is 7.98. The van der Waals surface area contributed by atoms with Crippen molar-refractivity contribution in [2.24, 2.45) is 0 Å². The molecule has 170 valence electrons. The average molecular weight is 480 g/mol. The molecule has 8 heteroatoms. The number of benzene rings is 1. The van der Waals surface area contributed by atoms with Crippen molar-refractivity contribution in [1.82, 2.24) is 14.5 Å². The van der Waals surface area contributed by atoms with Crippen LogP contribution < -0.4 is 5.56 Å². The van der Waals surface area contributed by atoms with Gasteiger partial charge in [-0.05, 0) is 44.1 Å². The zero-order chi connectivity index (χ0) is 22.2. The topological polar surface area (TPSA) is 70.2 Å². The van der Waals surface area contributed by atoms with Crippen LogP contribution in [0.25, 0.3) is 21.5 Å². The van der Waals surface area contributed by atoms with Crippen molar-refractivity contribution in [1.29, 1.82) is 0 Å². The molecule has 1 aliphatic heterocycles. The van der Waals surface area contributed by atoms with Gasteiger partial charge in [-0.25, -0.2) is 9.97 Å². The molecule has 0 saturated carbocycles. The molecular weight excluding hydrogens is 454 g/mol. The highest BCUT2D eigenvalue weighted by Gasteiger charge is 2.25. The molecule has 33 heavy (non-hydrogen) atoms. The van der Waals surface area contributed by atoms with Crippen LogP contribution in [0, 0.1) is 0 Å². The minimum Gasteiger partial charge on any atom is -0.440 e. The third kappa shape index (κ3) is 4.16. The molecule has 4 aromatic rings. The molecule has 4 heterocycles. The maximum Gasteiger partial charge on any atom is 0.263 e. The van der Waals surface area contributed by atoms with Gasteiger partial charge in [0.05, 0.1) is 30.0 Å². The van der Waals surface area contributed by atoms with Crippen LogP contribution in [0.1, 0.15) is 42.0 Å². The summed E-state index contributed by atoms with van der Waals surface area (Å²) in [5.41, 5.74) is 2.31. The Balaban J connectivity index is 1.33. The molecule has 0 radical (unpaired) electrons. The molecule has 0 bridgehead atoms. The Morgan fingerprint density at radius 2 is 2.03 bits per heavy atom. The fourth-order valence-electron chi connectivity index (χ4n) is 4.72. The molecule has 1 saturated heterocycles. The highest BCUT2D eigenvalue weighted by Crippen LogP contribution is 2.35. The summed E-state index contributed by atoms with van der Waals surface area (Å²) in [5.74, 6) is 1.89. The van der Waals surface area contributed by atoms with Crippen molar-refractivity contribution >= 4 is 33.3 Å². The SMILES string of the molecule is O=c1c2c3c(sc2nc(SCc2ncc(-c4ccccc4)o2)n1CC1CCCO1)CCCC3. The average Bonchev–Trinajstić information content (AvgIpc) is 3.60. The fraction of sp³-hybridized carbons (Fsp3) is 0.400. The summed E-state index contributed by atoms with van der Waals surface area (Å²) in [7, 11) is 0. The van der Waals surface area contributed by atoms with Crippen LogP contribution in [0.2, 0.25) is 0 Å². The predicted molar refractivity (Wildman–Crippen MR) is 131 cm³/mol. The molecule has 1 aliphatic carbocycles. The third-order valence-corrected chi connectivity index (χ3v) is 8.53. The summed E-state index contributed by atoms with van der Waals surface area (Å²) >= 11 is 3.21. The Hall–Kier alpha value is -2.42. The molecule has 1 fully saturated rings. The molecule has 0 amide bonds. The predicted octanol–water partition coefficient (Wildman–Crippen LogP) is 5.46. The minimum atomic E-state index is 0.0715. The smallest absolute Gasteiger partial charge is 0.263 e. The van der Waals surface area contributed by atoms with Crippen molar-refractivity contribution < 1.29 is 9.15 Å². The van der Waals surface area contributed by atoms with Gasteiger partial charge in [-0.15, -0.1) is 11.3 Å².